The predicted octanol–water partition coefficient (Wildman–Crippen LogP) is 1.71. The Labute approximate surface area is 117 Å². The predicted molar refractivity (Wildman–Crippen MR) is 72.6 cm³/mol. The molecule has 1 saturated heterocycles. The fraction of sp³-hybridized carbons (Fsp3) is 0.429. The van der Waals surface area contributed by atoms with E-state index in [0.717, 1.165) is 30.0 Å². The fourth-order valence-corrected chi connectivity index (χ4v) is 2.18. The van der Waals surface area contributed by atoms with Crippen molar-refractivity contribution >= 4 is 0 Å². The lowest BCUT2D eigenvalue weighted by atomic mass is 10.1. The van der Waals surface area contributed by atoms with Gasteiger partial charge in [0.25, 0.3) is 5.89 Å². The van der Waals surface area contributed by atoms with E-state index in [-0.39, 0.29) is 6.04 Å². The number of benzene rings is 1. The SMILES string of the molecule is COc1cc(-c2nc(C3COCCN3)no2)ccc1C. The molecule has 0 saturated carbocycles. The maximum absolute atomic E-state index is 5.40. The van der Waals surface area contributed by atoms with Crippen LogP contribution in [-0.4, -0.2) is 37.0 Å². The Morgan fingerprint density at radius 1 is 1.40 bits per heavy atom. The number of morpholine rings is 1. The largest absolute Gasteiger partial charge is 0.496 e. The molecule has 1 aromatic carbocycles. The van der Waals surface area contributed by atoms with E-state index in [0.29, 0.717) is 18.3 Å². The minimum absolute atomic E-state index is 0.00593. The molecular formula is C14H17N3O3. The minimum Gasteiger partial charge on any atom is -0.496 e. The highest BCUT2D eigenvalue weighted by Crippen LogP contribution is 2.26. The van der Waals surface area contributed by atoms with Gasteiger partial charge in [-0.05, 0) is 24.6 Å². The molecule has 6 heteroatoms. The average Bonchev–Trinajstić information content (AvgIpc) is 2.98. The first-order valence-electron chi connectivity index (χ1n) is 6.57. The van der Waals surface area contributed by atoms with E-state index in [1.165, 1.54) is 0 Å². The molecule has 0 bridgehead atoms. The molecule has 20 heavy (non-hydrogen) atoms. The number of nitrogens with one attached hydrogen (secondary N) is 1. The van der Waals surface area contributed by atoms with E-state index in [4.69, 9.17) is 14.0 Å². The molecule has 2 aromatic rings. The van der Waals surface area contributed by atoms with Crippen molar-refractivity contribution in [1.82, 2.24) is 15.5 Å². The second kappa shape index (κ2) is 5.60. The van der Waals surface area contributed by atoms with Gasteiger partial charge in [-0.25, -0.2) is 0 Å². The number of methoxy groups -OCH3 is 1. The van der Waals surface area contributed by atoms with Gasteiger partial charge in [0.2, 0.25) is 0 Å². The van der Waals surface area contributed by atoms with Crippen LogP contribution in [0.1, 0.15) is 17.4 Å². The monoisotopic (exact) mass is 275 g/mol. The quantitative estimate of drug-likeness (QED) is 0.919. The Hall–Kier alpha value is -1.92. The summed E-state index contributed by atoms with van der Waals surface area (Å²) in [6, 6.07) is 5.81. The molecule has 0 aliphatic carbocycles. The lowest BCUT2D eigenvalue weighted by Gasteiger charge is -2.20. The summed E-state index contributed by atoms with van der Waals surface area (Å²) in [6.45, 7) is 4.07. The molecule has 0 amide bonds. The van der Waals surface area contributed by atoms with E-state index in [9.17, 15) is 0 Å². The number of rotatable bonds is 3. The Bertz CT molecular complexity index is 591. The summed E-state index contributed by atoms with van der Waals surface area (Å²) in [5, 5.41) is 7.32. The summed E-state index contributed by atoms with van der Waals surface area (Å²) >= 11 is 0. The molecule has 1 fully saturated rings. The summed E-state index contributed by atoms with van der Waals surface area (Å²) < 4.78 is 16.0. The topological polar surface area (TPSA) is 69.4 Å². The van der Waals surface area contributed by atoms with Crippen LogP contribution in [-0.2, 0) is 4.74 Å². The van der Waals surface area contributed by atoms with Crippen molar-refractivity contribution in [2.24, 2.45) is 0 Å². The zero-order valence-electron chi connectivity index (χ0n) is 11.5. The van der Waals surface area contributed by atoms with Gasteiger partial charge in [-0.3, -0.25) is 0 Å². The van der Waals surface area contributed by atoms with E-state index in [1.54, 1.807) is 7.11 Å². The first-order valence-corrected chi connectivity index (χ1v) is 6.57. The van der Waals surface area contributed by atoms with Crippen LogP contribution in [0.3, 0.4) is 0 Å². The van der Waals surface area contributed by atoms with Gasteiger partial charge < -0.3 is 19.3 Å². The Balaban J connectivity index is 1.85. The molecule has 1 N–H and O–H groups in total. The number of ether oxygens (including phenoxy) is 2. The summed E-state index contributed by atoms with van der Waals surface area (Å²) in [5.74, 6) is 1.92. The van der Waals surface area contributed by atoms with Crippen LogP contribution in [0.2, 0.25) is 0 Å². The molecule has 106 valence electrons. The lowest BCUT2D eigenvalue weighted by molar-refractivity contribution is 0.0734. The molecular weight excluding hydrogens is 258 g/mol. The number of aryl methyl sites for hydroxylation is 1. The van der Waals surface area contributed by atoms with Gasteiger partial charge in [-0.1, -0.05) is 11.2 Å². The van der Waals surface area contributed by atoms with Crippen LogP contribution in [0.4, 0.5) is 0 Å². The third-order valence-electron chi connectivity index (χ3n) is 3.33. The number of aromatic nitrogens is 2. The van der Waals surface area contributed by atoms with Gasteiger partial charge >= 0.3 is 0 Å². The molecule has 1 aliphatic heterocycles. The molecule has 1 unspecified atom stereocenters. The van der Waals surface area contributed by atoms with Crippen molar-refractivity contribution in [2.45, 2.75) is 13.0 Å². The summed E-state index contributed by atoms with van der Waals surface area (Å²) in [4.78, 5) is 4.43. The van der Waals surface area contributed by atoms with Crippen molar-refractivity contribution in [3.05, 3.63) is 29.6 Å². The first kappa shape index (κ1) is 13.1. The molecule has 1 aromatic heterocycles. The third kappa shape index (κ3) is 2.52. The fourth-order valence-electron chi connectivity index (χ4n) is 2.18. The smallest absolute Gasteiger partial charge is 0.258 e. The summed E-state index contributed by atoms with van der Waals surface area (Å²) in [6.07, 6.45) is 0. The van der Waals surface area contributed by atoms with Crippen LogP contribution < -0.4 is 10.1 Å². The van der Waals surface area contributed by atoms with Gasteiger partial charge in [0, 0.05) is 12.1 Å². The van der Waals surface area contributed by atoms with Crippen molar-refractivity contribution < 1.29 is 14.0 Å². The highest BCUT2D eigenvalue weighted by Gasteiger charge is 2.21. The third-order valence-corrected chi connectivity index (χ3v) is 3.33. The van der Waals surface area contributed by atoms with Crippen molar-refractivity contribution in [3.8, 4) is 17.2 Å². The van der Waals surface area contributed by atoms with E-state index < -0.39 is 0 Å². The standard InChI is InChI=1S/C14H17N3O3/c1-9-3-4-10(7-12(9)18-2)14-16-13(17-20-14)11-8-19-6-5-15-11/h3-4,7,11,15H,5-6,8H2,1-2H3. The highest BCUT2D eigenvalue weighted by molar-refractivity contribution is 5.57. The maximum atomic E-state index is 5.40. The van der Waals surface area contributed by atoms with Gasteiger partial charge in [-0.15, -0.1) is 0 Å². The van der Waals surface area contributed by atoms with Gasteiger partial charge in [-0.2, -0.15) is 4.98 Å². The van der Waals surface area contributed by atoms with Crippen LogP contribution in [0, 0.1) is 6.92 Å². The van der Waals surface area contributed by atoms with Crippen LogP contribution in [0.15, 0.2) is 22.7 Å². The minimum atomic E-state index is -0.00593. The number of nitrogens with zero attached hydrogens (tertiary/aromatic N) is 2. The van der Waals surface area contributed by atoms with Crippen molar-refractivity contribution in [1.29, 1.82) is 0 Å². The second-order valence-electron chi connectivity index (χ2n) is 4.72. The molecule has 1 aliphatic rings. The second-order valence-corrected chi connectivity index (χ2v) is 4.72. The van der Waals surface area contributed by atoms with E-state index >= 15 is 0 Å². The summed E-state index contributed by atoms with van der Waals surface area (Å²) in [5.41, 5.74) is 1.92. The van der Waals surface area contributed by atoms with Gasteiger partial charge in [0.15, 0.2) is 5.82 Å². The number of hydrogen-bond donors (Lipinski definition) is 1. The number of hydrogen-bond acceptors (Lipinski definition) is 6. The van der Waals surface area contributed by atoms with Gasteiger partial charge in [0.05, 0.1) is 26.4 Å². The molecule has 6 nitrogen and oxygen atoms in total. The van der Waals surface area contributed by atoms with Gasteiger partial charge in [0.1, 0.15) is 5.75 Å². The Morgan fingerprint density at radius 3 is 3.05 bits per heavy atom. The molecule has 0 radical (unpaired) electrons. The Kier molecular flexibility index (Phi) is 3.66. The van der Waals surface area contributed by atoms with Crippen LogP contribution in [0.5, 0.6) is 5.75 Å². The summed E-state index contributed by atoms with van der Waals surface area (Å²) in [7, 11) is 1.65. The Morgan fingerprint density at radius 2 is 2.30 bits per heavy atom. The van der Waals surface area contributed by atoms with E-state index in [1.807, 2.05) is 25.1 Å². The lowest BCUT2D eigenvalue weighted by Crippen LogP contribution is -2.35. The van der Waals surface area contributed by atoms with Crippen molar-refractivity contribution in [3.63, 3.8) is 0 Å². The van der Waals surface area contributed by atoms with Crippen LogP contribution in [0.25, 0.3) is 11.5 Å². The zero-order chi connectivity index (χ0) is 13.9. The normalized spacial score (nSPS) is 19.0. The highest BCUT2D eigenvalue weighted by atomic mass is 16.5. The maximum Gasteiger partial charge on any atom is 0.258 e. The van der Waals surface area contributed by atoms with Crippen molar-refractivity contribution in [2.75, 3.05) is 26.9 Å². The first-order chi connectivity index (χ1) is 9.78. The zero-order valence-corrected chi connectivity index (χ0v) is 11.5. The molecule has 2 heterocycles. The molecule has 3 rings (SSSR count). The molecule has 0 spiro atoms. The van der Waals surface area contributed by atoms with Crippen LogP contribution >= 0.6 is 0 Å². The average molecular weight is 275 g/mol. The molecule has 1 atom stereocenters. The van der Waals surface area contributed by atoms with E-state index in [2.05, 4.69) is 15.5 Å².